The van der Waals surface area contributed by atoms with Crippen molar-refractivity contribution in [3.63, 3.8) is 0 Å². The summed E-state index contributed by atoms with van der Waals surface area (Å²) < 4.78 is 52.7. The summed E-state index contributed by atoms with van der Waals surface area (Å²) in [5.74, 6) is -2.53. The molecule has 2 aromatic rings. The molecule has 0 aliphatic rings. The molecular formula is C27H37F2N3O4S. The predicted molar refractivity (Wildman–Crippen MR) is 141 cm³/mol. The maximum absolute atomic E-state index is 13.7. The molecule has 7 nitrogen and oxygen atoms in total. The lowest BCUT2D eigenvalue weighted by Gasteiger charge is -2.31. The van der Waals surface area contributed by atoms with E-state index in [4.69, 9.17) is 0 Å². The highest BCUT2D eigenvalue weighted by atomic mass is 32.2. The van der Waals surface area contributed by atoms with Crippen LogP contribution in [0.15, 0.2) is 42.5 Å². The first-order chi connectivity index (χ1) is 17.3. The third-order valence-corrected chi connectivity index (χ3v) is 7.08. The van der Waals surface area contributed by atoms with Gasteiger partial charge in [-0.3, -0.25) is 13.9 Å². The zero-order valence-corrected chi connectivity index (χ0v) is 22.9. The number of amides is 2. The Bertz CT molecular complexity index is 1170. The lowest BCUT2D eigenvalue weighted by atomic mass is 10.1. The van der Waals surface area contributed by atoms with E-state index in [0.717, 1.165) is 33.8 Å². The van der Waals surface area contributed by atoms with Gasteiger partial charge in [-0.15, -0.1) is 0 Å². The molecule has 1 N–H and O–H groups in total. The SMILES string of the molecule is CCC(C(=O)NCC(C)C)N(Cc1ccc(C)cc1)C(=O)CCCN(c1ccc(F)c(F)c1)S(C)(=O)=O. The van der Waals surface area contributed by atoms with E-state index in [2.05, 4.69) is 5.32 Å². The number of rotatable bonds is 13. The third kappa shape index (κ3) is 9.10. The molecule has 0 saturated heterocycles. The Morgan fingerprint density at radius 2 is 1.68 bits per heavy atom. The van der Waals surface area contributed by atoms with Crippen molar-refractivity contribution in [3.05, 3.63) is 65.2 Å². The molecule has 0 saturated carbocycles. The number of sulfonamides is 1. The van der Waals surface area contributed by atoms with E-state index < -0.39 is 27.7 Å². The Morgan fingerprint density at radius 1 is 1.03 bits per heavy atom. The summed E-state index contributed by atoms with van der Waals surface area (Å²) in [7, 11) is -3.81. The van der Waals surface area contributed by atoms with E-state index in [1.54, 1.807) is 0 Å². The highest BCUT2D eigenvalue weighted by molar-refractivity contribution is 7.92. The molecule has 204 valence electrons. The fourth-order valence-electron chi connectivity index (χ4n) is 3.88. The molecule has 0 aliphatic carbocycles. The largest absolute Gasteiger partial charge is 0.354 e. The van der Waals surface area contributed by atoms with Gasteiger partial charge in [-0.05, 0) is 43.4 Å². The van der Waals surface area contributed by atoms with Crippen LogP contribution in [0.25, 0.3) is 0 Å². The molecule has 0 spiro atoms. The number of aryl methyl sites for hydroxylation is 1. The lowest BCUT2D eigenvalue weighted by Crippen LogP contribution is -2.49. The van der Waals surface area contributed by atoms with Crippen molar-refractivity contribution in [2.45, 2.75) is 59.5 Å². The molecule has 0 aliphatic heterocycles. The average molecular weight is 538 g/mol. The number of hydrogen-bond donors (Lipinski definition) is 1. The highest BCUT2D eigenvalue weighted by Crippen LogP contribution is 2.22. The van der Waals surface area contributed by atoms with Crippen LogP contribution in [0.5, 0.6) is 0 Å². The molecule has 1 atom stereocenters. The summed E-state index contributed by atoms with van der Waals surface area (Å²) in [6, 6.07) is 9.84. The van der Waals surface area contributed by atoms with Gasteiger partial charge in [0.2, 0.25) is 21.8 Å². The van der Waals surface area contributed by atoms with E-state index in [9.17, 15) is 26.8 Å². The maximum atomic E-state index is 13.7. The quantitative estimate of drug-likeness (QED) is 0.410. The fourth-order valence-corrected chi connectivity index (χ4v) is 4.83. The molecule has 0 fully saturated rings. The van der Waals surface area contributed by atoms with E-state index in [0.29, 0.717) is 13.0 Å². The van der Waals surface area contributed by atoms with Gasteiger partial charge in [0.1, 0.15) is 6.04 Å². The first kappa shape index (κ1) is 30.2. The minimum atomic E-state index is -3.81. The van der Waals surface area contributed by atoms with E-state index in [-0.39, 0.29) is 49.4 Å². The third-order valence-electron chi connectivity index (χ3n) is 5.89. The van der Waals surface area contributed by atoms with Gasteiger partial charge < -0.3 is 10.2 Å². The number of benzene rings is 2. The van der Waals surface area contributed by atoms with Crippen molar-refractivity contribution < 1.29 is 26.8 Å². The second kappa shape index (κ2) is 13.5. The van der Waals surface area contributed by atoms with Crippen molar-refractivity contribution in [2.75, 3.05) is 23.7 Å². The number of nitrogens with zero attached hydrogens (tertiary/aromatic N) is 2. The van der Waals surface area contributed by atoms with Crippen LogP contribution in [0.4, 0.5) is 14.5 Å². The van der Waals surface area contributed by atoms with Crippen LogP contribution < -0.4 is 9.62 Å². The Labute approximate surface area is 218 Å². The normalized spacial score (nSPS) is 12.3. The topological polar surface area (TPSA) is 86.8 Å². The van der Waals surface area contributed by atoms with Gasteiger partial charge >= 0.3 is 0 Å². The van der Waals surface area contributed by atoms with Gasteiger partial charge in [-0.2, -0.15) is 0 Å². The molecule has 10 heteroatoms. The Morgan fingerprint density at radius 3 is 2.22 bits per heavy atom. The van der Waals surface area contributed by atoms with Crippen molar-refractivity contribution in [1.29, 1.82) is 0 Å². The minimum absolute atomic E-state index is 0.0233. The summed E-state index contributed by atoms with van der Waals surface area (Å²) in [4.78, 5) is 27.9. The van der Waals surface area contributed by atoms with Crippen LogP contribution in [0, 0.1) is 24.5 Å². The Balaban J connectivity index is 2.22. The molecule has 0 heterocycles. The van der Waals surface area contributed by atoms with Crippen LogP contribution >= 0.6 is 0 Å². The van der Waals surface area contributed by atoms with Crippen LogP contribution in [0.2, 0.25) is 0 Å². The maximum Gasteiger partial charge on any atom is 0.242 e. The first-order valence-corrected chi connectivity index (χ1v) is 14.2. The van der Waals surface area contributed by atoms with Gasteiger partial charge in [0.25, 0.3) is 0 Å². The van der Waals surface area contributed by atoms with E-state index >= 15 is 0 Å². The molecule has 2 amide bonds. The summed E-state index contributed by atoms with van der Waals surface area (Å²) in [6.07, 6.45) is 1.46. The van der Waals surface area contributed by atoms with Crippen LogP contribution in [-0.2, 0) is 26.2 Å². The van der Waals surface area contributed by atoms with Crippen molar-refractivity contribution >= 4 is 27.5 Å². The summed E-state index contributed by atoms with van der Waals surface area (Å²) in [5.41, 5.74) is 1.92. The zero-order chi connectivity index (χ0) is 27.8. The van der Waals surface area contributed by atoms with Gasteiger partial charge in [0.15, 0.2) is 11.6 Å². The van der Waals surface area contributed by atoms with E-state index in [1.807, 2.05) is 52.0 Å². The first-order valence-electron chi connectivity index (χ1n) is 12.4. The molecular weight excluding hydrogens is 500 g/mol. The second-order valence-corrected chi connectivity index (χ2v) is 11.5. The highest BCUT2D eigenvalue weighted by Gasteiger charge is 2.29. The molecule has 0 aromatic heterocycles. The van der Waals surface area contributed by atoms with Crippen molar-refractivity contribution in [1.82, 2.24) is 10.2 Å². The summed E-state index contributed by atoms with van der Waals surface area (Å²) in [5, 5.41) is 2.90. The van der Waals surface area contributed by atoms with E-state index in [1.165, 1.54) is 11.0 Å². The van der Waals surface area contributed by atoms with Crippen molar-refractivity contribution in [2.24, 2.45) is 5.92 Å². The van der Waals surface area contributed by atoms with Gasteiger partial charge in [-0.25, -0.2) is 17.2 Å². The number of halogens is 2. The molecule has 2 rings (SSSR count). The summed E-state index contributed by atoms with van der Waals surface area (Å²) >= 11 is 0. The van der Waals surface area contributed by atoms with Gasteiger partial charge in [0, 0.05) is 32.1 Å². The van der Waals surface area contributed by atoms with Crippen molar-refractivity contribution in [3.8, 4) is 0 Å². The molecule has 0 radical (unpaired) electrons. The number of carbonyl (C=O) groups excluding carboxylic acids is 2. The second-order valence-electron chi connectivity index (χ2n) is 9.61. The number of nitrogens with one attached hydrogen (secondary N) is 1. The lowest BCUT2D eigenvalue weighted by molar-refractivity contribution is -0.141. The smallest absolute Gasteiger partial charge is 0.242 e. The molecule has 1 unspecified atom stereocenters. The Hall–Kier alpha value is -3.01. The number of carbonyl (C=O) groups is 2. The molecule has 37 heavy (non-hydrogen) atoms. The summed E-state index contributed by atoms with van der Waals surface area (Å²) in [6.45, 7) is 8.37. The molecule has 0 bridgehead atoms. The Kier molecular flexibility index (Phi) is 11.0. The van der Waals surface area contributed by atoms with Gasteiger partial charge in [-0.1, -0.05) is 50.6 Å². The zero-order valence-electron chi connectivity index (χ0n) is 22.1. The predicted octanol–water partition coefficient (Wildman–Crippen LogP) is 4.40. The van der Waals surface area contributed by atoms with Crippen LogP contribution in [0.1, 0.15) is 51.2 Å². The molecule has 2 aromatic carbocycles. The monoisotopic (exact) mass is 537 g/mol. The number of anilines is 1. The average Bonchev–Trinajstić information content (AvgIpc) is 2.82. The minimum Gasteiger partial charge on any atom is -0.354 e. The number of hydrogen-bond acceptors (Lipinski definition) is 4. The van der Waals surface area contributed by atoms with Gasteiger partial charge in [0.05, 0.1) is 11.9 Å². The van der Waals surface area contributed by atoms with Crippen LogP contribution in [0.3, 0.4) is 0 Å². The fraction of sp³-hybridized carbons (Fsp3) is 0.481. The van der Waals surface area contributed by atoms with Crippen LogP contribution in [-0.4, -0.2) is 50.5 Å². The standard InChI is InChI=1S/C27H37F2N3O4S/c1-6-25(27(34)30-17-19(2)3)31(18-21-11-9-20(4)10-12-21)26(33)8-7-15-32(37(5,35)36)22-13-14-23(28)24(29)16-22/h9-14,16,19,25H,6-8,15,17-18H2,1-5H3,(H,30,34).